The third-order valence-corrected chi connectivity index (χ3v) is 3.40. The van der Waals surface area contributed by atoms with Crippen molar-refractivity contribution in [2.75, 3.05) is 7.11 Å². The minimum absolute atomic E-state index is 0.0482. The molecule has 0 saturated heterocycles. The number of ether oxygens (including phenoxy) is 1. The lowest BCUT2D eigenvalue weighted by atomic mass is 10.1. The fourth-order valence-electron chi connectivity index (χ4n) is 2.64. The molecule has 0 amide bonds. The van der Waals surface area contributed by atoms with Crippen LogP contribution in [0.25, 0.3) is 10.9 Å². The minimum Gasteiger partial charge on any atom is -0.496 e. The zero-order chi connectivity index (χ0) is 11.1. The van der Waals surface area contributed by atoms with Crippen LogP contribution in [-0.2, 0) is 19.4 Å². The molecule has 3 heteroatoms. The Morgan fingerprint density at radius 2 is 2.25 bits per heavy atom. The second-order valence-electron chi connectivity index (χ2n) is 4.31. The van der Waals surface area contributed by atoms with E-state index in [4.69, 9.17) is 4.74 Å². The standard InChI is InChI=1S/C13H15NO2/c1-16-12-5-8-3-2-4-10(8)13-11(12)6-9(7-15)14-13/h5-6,14-15H,2-4,7H2,1H3. The van der Waals surface area contributed by atoms with E-state index in [1.165, 1.54) is 17.5 Å². The van der Waals surface area contributed by atoms with Gasteiger partial charge in [-0.1, -0.05) is 0 Å². The van der Waals surface area contributed by atoms with E-state index >= 15 is 0 Å². The van der Waals surface area contributed by atoms with Crippen molar-refractivity contribution in [2.24, 2.45) is 0 Å². The largest absolute Gasteiger partial charge is 0.496 e. The van der Waals surface area contributed by atoms with Crippen LogP contribution in [0.3, 0.4) is 0 Å². The van der Waals surface area contributed by atoms with Crippen LogP contribution in [0.15, 0.2) is 12.1 Å². The van der Waals surface area contributed by atoms with Gasteiger partial charge in [-0.25, -0.2) is 0 Å². The monoisotopic (exact) mass is 217 g/mol. The van der Waals surface area contributed by atoms with Gasteiger partial charge in [-0.2, -0.15) is 0 Å². The van der Waals surface area contributed by atoms with E-state index in [1.54, 1.807) is 7.11 Å². The first kappa shape index (κ1) is 9.73. The molecule has 1 aliphatic carbocycles. The number of H-pyrrole nitrogens is 1. The lowest BCUT2D eigenvalue weighted by molar-refractivity contribution is 0.278. The summed E-state index contributed by atoms with van der Waals surface area (Å²) >= 11 is 0. The van der Waals surface area contributed by atoms with Gasteiger partial charge in [-0.3, -0.25) is 0 Å². The molecule has 0 spiro atoms. The normalized spacial score (nSPS) is 14.4. The first-order valence-electron chi connectivity index (χ1n) is 5.64. The Labute approximate surface area is 94.0 Å². The molecule has 0 saturated carbocycles. The van der Waals surface area contributed by atoms with E-state index in [-0.39, 0.29) is 6.61 Å². The van der Waals surface area contributed by atoms with Gasteiger partial charge in [0.1, 0.15) is 5.75 Å². The number of methoxy groups -OCH3 is 1. The zero-order valence-corrected chi connectivity index (χ0v) is 9.34. The van der Waals surface area contributed by atoms with Crippen molar-refractivity contribution in [3.8, 4) is 5.75 Å². The summed E-state index contributed by atoms with van der Waals surface area (Å²) in [6.07, 6.45) is 3.47. The highest BCUT2D eigenvalue weighted by molar-refractivity contribution is 5.91. The predicted molar refractivity (Wildman–Crippen MR) is 62.8 cm³/mol. The first-order valence-corrected chi connectivity index (χ1v) is 5.64. The molecule has 3 rings (SSSR count). The molecule has 84 valence electrons. The summed E-state index contributed by atoms with van der Waals surface area (Å²) in [5, 5.41) is 10.3. The second-order valence-corrected chi connectivity index (χ2v) is 4.31. The number of nitrogens with one attached hydrogen (secondary N) is 1. The number of hydrogen-bond donors (Lipinski definition) is 2. The number of aromatic amines is 1. The van der Waals surface area contributed by atoms with Crippen molar-refractivity contribution in [2.45, 2.75) is 25.9 Å². The summed E-state index contributed by atoms with van der Waals surface area (Å²) in [5.41, 5.74) is 4.79. The van der Waals surface area contributed by atoms with Gasteiger partial charge in [0.05, 0.1) is 19.2 Å². The second kappa shape index (κ2) is 3.52. The maximum atomic E-state index is 9.18. The molecule has 0 unspecified atom stereocenters. The smallest absolute Gasteiger partial charge is 0.128 e. The van der Waals surface area contributed by atoms with Crippen molar-refractivity contribution >= 4 is 10.9 Å². The summed E-state index contributed by atoms with van der Waals surface area (Å²) in [7, 11) is 1.70. The van der Waals surface area contributed by atoms with Gasteiger partial charge in [0.2, 0.25) is 0 Å². The van der Waals surface area contributed by atoms with Gasteiger partial charge < -0.3 is 14.8 Å². The van der Waals surface area contributed by atoms with E-state index in [1.807, 2.05) is 6.07 Å². The first-order chi connectivity index (χ1) is 7.83. The van der Waals surface area contributed by atoms with E-state index in [9.17, 15) is 5.11 Å². The molecule has 0 fully saturated rings. The average Bonchev–Trinajstić information content (AvgIpc) is 2.92. The van der Waals surface area contributed by atoms with Crippen molar-refractivity contribution < 1.29 is 9.84 Å². The number of aryl methyl sites for hydroxylation is 2. The fourth-order valence-corrected chi connectivity index (χ4v) is 2.64. The highest BCUT2D eigenvalue weighted by Gasteiger charge is 2.18. The average molecular weight is 217 g/mol. The van der Waals surface area contributed by atoms with Gasteiger partial charge in [-0.05, 0) is 42.5 Å². The summed E-state index contributed by atoms with van der Waals surface area (Å²) < 4.78 is 5.41. The zero-order valence-electron chi connectivity index (χ0n) is 9.34. The molecule has 1 aliphatic rings. The molecule has 2 aromatic rings. The van der Waals surface area contributed by atoms with Gasteiger partial charge in [-0.15, -0.1) is 0 Å². The molecule has 0 radical (unpaired) electrons. The topological polar surface area (TPSA) is 45.2 Å². The quantitative estimate of drug-likeness (QED) is 0.809. The van der Waals surface area contributed by atoms with Crippen molar-refractivity contribution in [1.29, 1.82) is 0 Å². The Morgan fingerprint density at radius 1 is 1.38 bits per heavy atom. The van der Waals surface area contributed by atoms with Crippen LogP contribution in [0.5, 0.6) is 5.75 Å². The SMILES string of the molecule is COc1cc2c(c3[nH]c(CO)cc13)CCC2. The van der Waals surface area contributed by atoms with Crippen molar-refractivity contribution in [3.63, 3.8) is 0 Å². The number of fused-ring (bicyclic) bond motifs is 3. The fraction of sp³-hybridized carbons (Fsp3) is 0.385. The van der Waals surface area contributed by atoms with E-state index in [2.05, 4.69) is 11.1 Å². The van der Waals surface area contributed by atoms with Gasteiger partial charge >= 0.3 is 0 Å². The number of rotatable bonds is 2. The summed E-state index contributed by atoms with van der Waals surface area (Å²) in [4.78, 5) is 3.29. The number of aliphatic hydroxyl groups is 1. The highest BCUT2D eigenvalue weighted by atomic mass is 16.5. The predicted octanol–water partition coefficient (Wildman–Crippen LogP) is 2.16. The Kier molecular flexibility index (Phi) is 2.14. The molecule has 16 heavy (non-hydrogen) atoms. The number of aliphatic hydroxyl groups excluding tert-OH is 1. The number of hydrogen-bond acceptors (Lipinski definition) is 2. The van der Waals surface area contributed by atoms with Crippen LogP contribution < -0.4 is 4.74 Å². The summed E-state index contributed by atoms with van der Waals surface area (Å²) in [6.45, 7) is 0.0482. The molecule has 1 aromatic carbocycles. The molecule has 3 nitrogen and oxygen atoms in total. The molecule has 0 aliphatic heterocycles. The Balaban J connectivity index is 2.34. The van der Waals surface area contributed by atoms with Gasteiger partial charge in [0.25, 0.3) is 0 Å². The van der Waals surface area contributed by atoms with E-state index in [0.717, 1.165) is 35.2 Å². The Hall–Kier alpha value is -1.48. The lowest BCUT2D eigenvalue weighted by Crippen LogP contribution is -1.90. The van der Waals surface area contributed by atoms with Crippen LogP contribution in [0.2, 0.25) is 0 Å². The van der Waals surface area contributed by atoms with E-state index in [0.29, 0.717) is 0 Å². The maximum Gasteiger partial charge on any atom is 0.128 e. The molecule has 0 bridgehead atoms. The molecule has 2 N–H and O–H groups in total. The van der Waals surface area contributed by atoms with Crippen LogP contribution in [0, 0.1) is 0 Å². The van der Waals surface area contributed by atoms with Crippen LogP contribution in [0.4, 0.5) is 0 Å². The molecule has 1 aromatic heterocycles. The Morgan fingerprint density at radius 3 is 3.00 bits per heavy atom. The molecule has 0 atom stereocenters. The van der Waals surface area contributed by atoms with Crippen LogP contribution >= 0.6 is 0 Å². The third-order valence-electron chi connectivity index (χ3n) is 3.40. The molecule has 1 heterocycles. The summed E-state index contributed by atoms with van der Waals surface area (Å²) in [6, 6.07) is 4.12. The number of benzene rings is 1. The van der Waals surface area contributed by atoms with Crippen LogP contribution in [0.1, 0.15) is 23.2 Å². The lowest BCUT2D eigenvalue weighted by Gasteiger charge is -2.06. The summed E-state index contributed by atoms with van der Waals surface area (Å²) in [5.74, 6) is 0.909. The van der Waals surface area contributed by atoms with E-state index < -0.39 is 0 Å². The Bertz CT molecular complexity index is 542. The van der Waals surface area contributed by atoms with Crippen LogP contribution in [-0.4, -0.2) is 17.2 Å². The van der Waals surface area contributed by atoms with Gasteiger partial charge in [0, 0.05) is 11.1 Å². The van der Waals surface area contributed by atoms with Gasteiger partial charge in [0.15, 0.2) is 0 Å². The minimum atomic E-state index is 0.0482. The number of aromatic nitrogens is 1. The highest BCUT2D eigenvalue weighted by Crippen LogP contribution is 2.36. The third kappa shape index (κ3) is 1.25. The van der Waals surface area contributed by atoms with Crippen molar-refractivity contribution in [1.82, 2.24) is 4.98 Å². The van der Waals surface area contributed by atoms with Crippen molar-refractivity contribution in [3.05, 3.63) is 29.0 Å². The molecular weight excluding hydrogens is 202 g/mol. The molecular formula is C13H15NO2. The maximum absolute atomic E-state index is 9.18.